The molecule has 86 valence electrons. The fourth-order valence-electron chi connectivity index (χ4n) is 1.99. The molecule has 1 saturated heterocycles. The third-order valence-electron chi connectivity index (χ3n) is 2.94. The van der Waals surface area contributed by atoms with Gasteiger partial charge in [0.2, 0.25) is 0 Å². The van der Waals surface area contributed by atoms with Crippen LogP contribution in [0.2, 0.25) is 0 Å². The molecule has 4 nitrogen and oxygen atoms in total. The number of nitrogens with zero attached hydrogens (tertiary/aromatic N) is 2. The van der Waals surface area contributed by atoms with Crippen LogP contribution in [-0.2, 0) is 4.79 Å². The molecule has 0 atom stereocenters. The van der Waals surface area contributed by atoms with Crippen molar-refractivity contribution < 1.29 is 9.90 Å². The molecule has 2 rings (SSSR count). The lowest BCUT2D eigenvalue weighted by molar-refractivity contribution is -0.142. The van der Waals surface area contributed by atoms with Crippen molar-refractivity contribution in [3.8, 4) is 0 Å². The van der Waals surface area contributed by atoms with Crippen molar-refractivity contribution >= 4 is 27.6 Å². The van der Waals surface area contributed by atoms with Gasteiger partial charge in [0, 0.05) is 25.5 Å². The van der Waals surface area contributed by atoms with E-state index in [1.165, 1.54) is 0 Å². The van der Waals surface area contributed by atoms with Gasteiger partial charge in [-0.1, -0.05) is 0 Å². The minimum atomic E-state index is -0.673. The molecule has 0 unspecified atom stereocenters. The highest BCUT2D eigenvalue weighted by atomic mass is 79.9. The predicted octanol–water partition coefficient (Wildman–Crippen LogP) is 2.15. The zero-order valence-electron chi connectivity index (χ0n) is 8.77. The van der Waals surface area contributed by atoms with Crippen molar-refractivity contribution in [1.82, 2.24) is 4.98 Å². The normalized spacial score (nSPS) is 17.4. The summed E-state index contributed by atoms with van der Waals surface area (Å²) in [5, 5.41) is 8.91. The van der Waals surface area contributed by atoms with E-state index in [4.69, 9.17) is 5.11 Å². The van der Waals surface area contributed by atoms with Crippen molar-refractivity contribution in [2.75, 3.05) is 18.0 Å². The molecule has 1 fully saturated rings. The van der Waals surface area contributed by atoms with Crippen LogP contribution in [0.4, 0.5) is 5.69 Å². The molecule has 0 saturated carbocycles. The van der Waals surface area contributed by atoms with Crippen LogP contribution in [0.1, 0.15) is 12.8 Å². The van der Waals surface area contributed by atoms with Gasteiger partial charge >= 0.3 is 5.97 Å². The molecule has 1 aromatic heterocycles. The van der Waals surface area contributed by atoms with Crippen molar-refractivity contribution in [3.63, 3.8) is 0 Å². The molecule has 5 heteroatoms. The van der Waals surface area contributed by atoms with Gasteiger partial charge in [0.05, 0.1) is 16.1 Å². The number of aromatic nitrogens is 1. The van der Waals surface area contributed by atoms with Gasteiger partial charge in [-0.3, -0.25) is 9.78 Å². The molecule has 1 N–H and O–H groups in total. The molecule has 0 radical (unpaired) electrons. The van der Waals surface area contributed by atoms with Gasteiger partial charge in [0.25, 0.3) is 0 Å². The smallest absolute Gasteiger partial charge is 0.306 e. The van der Waals surface area contributed by atoms with Gasteiger partial charge in [-0.15, -0.1) is 0 Å². The van der Waals surface area contributed by atoms with E-state index in [9.17, 15) is 4.79 Å². The quantitative estimate of drug-likeness (QED) is 0.904. The molecule has 0 aliphatic carbocycles. The largest absolute Gasteiger partial charge is 0.481 e. The van der Waals surface area contributed by atoms with Crippen molar-refractivity contribution in [3.05, 3.63) is 22.9 Å². The van der Waals surface area contributed by atoms with Crippen LogP contribution in [0.25, 0.3) is 0 Å². The van der Waals surface area contributed by atoms with E-state index in [1.807, 2.05) is 6.07 Å². The maximum absolute atomic E-state index is 10.8. The van der Waals surface area contributed by atoms with Crippen LogP contribution in [0.5, 0.6) is 0 Å². The fourth-order valence-corrected chi connectivity index (χ4v) is 2.49. The zero-order valence-corrected chi connectivity index (χ0v) is 10.4. The first-order valence-corrected chi connectivity index (χ1v) is 6.05. The average Bonchev–Trinajstić information content (AvgIpc) is 2.30. The van der Waals surface area contributed by atoms with E-state index in [2.05, 4.69) is 25.8 Å². The molecule has 1 aliphatic heterocycles. The SMILES string of the molecule is O=C(O)C1CCN(c2ccncc2Br)CC1. The Morgan fingerprint density at radius 2 is 2.19 bits per heavy atom. The number of hydrogen-bond acceptors (Lipinski definition) is 3. The maximum atomic E-state index is 10.8. The first-order chi connectivity index (χ1) is 7.68. The Bertz CT molecular complexity index is 389. The lowest BCUT2D eigenvalue weighted by Crippen LogP contribution is -2.36. The summed E-state index contributed by atoms with van der Waals surface area (Å²) >= 11 is 3.46. The number of carboxylic acids is 1. The lowest BCUT2D eigenvalue weighted by atomic mass is 9.97. The van der Waals surface area contributed by atoms with Crippen LogP contribution >= 0.6 is 15.9 Å². The molecular weight excluding hydrogens is 272 g/mol. The second-order valence-electron chi connectivity index (χ2n) is 3.93. The molecule has 0 amide bonds. The molecule has 16 heavy (non-hydrogen) atoms. The number of anilines is 1. The summed E-state index contributed by atoms with van der Waals surface area (Å²) in [6, 6.07) is 1.95. The monoisotopic (exact) mass is 284 g/mol. The summed E-state index contributed by atoms with van der Waals surface area (Å²) < 4.78 is 0.962. The molecule has 0 bridgehead atoms. The number of carboxylic acid groups (broad SMARTS) is 1. The Morgan fingerprint density at radius 1 is 1.50 bits per heavy atom. The predicted molar refractivity (Wildman–Crippen MR) is 64.5 cm³/mol. The van der Waals surface area contributed by atoms with E-state index in [0.29, 0.717) is 12.8 Å². The van der Waals surface area contributed by atoms with E-state index in [-0.39, 0.29) is 5.92 Å². The van der Waals surface area contributed by atoms with E-state index >= 15 is 0 Å². The van der Waals surface area contributed by atoms with Gasteiger partial charge < -0.3 is 10.0 Å². The molecule has 2 heterocycles. The van der Waals surface area contributed by atoms with Crippen molar-refractivity contribution in [2.24, 2.45) is 5.92 Å². The molecular formula is C11H13BrN2O2. The molecule has 1 aromatic rings. The Morgan fingerprint density at radius 3 is 2.75 bits per heavy atom. The highest BCUT2D eigenvalue weighted by molar-refractivity contribution is 9.10. The average molecular weight is 285 g/mol. The summed E-state index contributed by atoms with van der Waals surface area (Å²) in [4.78, 5) is 17.0. The van der Waals surface area contributed by atoms with Crippen LogP contribution in [0.15, 0.2) is 22.9 Å². The number of hydrogen-bond donors (Lipinski definition) is 1. The Balaban J connectivity index is 2.05. The number of pyridine rings is 1. The van der Waals surface area contributed by atoms with Crippen LogP contribution in [-0.4, -0.2) is 29.1 Å². The minimum absolute atomic E-state index is 0.183. The number of halogens is 1. The first kappa shape index (κ1) is 11.4. The highest BCUT2D eigenvalue weighted by Crippen LogP contribution is 2.28. The second kappa shape index (κ2) is 4.82. The molecule has 1 aliphatic rings. The second-order valence-corrected chi connectivity index (χ2v) is 4.78. The Hall–Kier alpha value is -1.10. The van der Waals surface area contributed by atoms with Gasteiger partial charge in [-0.25, -0.2) is 0 Å². The summed E-state index contributed by atoms with van der Waals surface area (Å²) in [7, 11) is 0. The summed E-state index contributed by atoms with van der Waals surface area (Å²) in [5.41, 5.74) is 1.10. The van der Waals surface area contributed by atoms with Crippen LogP contribution < -0.4 is 4.90 Å². The lowest BCUT2D eigenvalue weighted by Gasteiger charge is -2.32. The number of carbonyl (C=O) groups is 1. The maximum Gasteiger partial charge on any atom is 0.306 e. The van der Waals surface area contributed by atoms with Gasteiger partial charge in [0.15, 0.2) is 0 Å². The third-order valence-corrected chi connectivity index (χ3v) is 3.55. The van der Waals surface area contributed by atoms with Gasteiger partial charge in [-0.05, 0) is 34.8 Å². The van der Waals surface area contributed by atoms with Crippen molar-refractivity contribution in [2.45, 2.75) is 12.8 Å². The summed E-state index contributed by atoms with van der Waals surface area (Å²) in [5.74, 6) is -0.856. The number of rotatable bonds is 2. The van der Waals surface area contributed by atoms with Crippen molar-refractivity contribution in [1.29, 1.82) is 0 Å². The topological polar surface area (TPSA) is 53.4 Å². The van der Waals surface area contributed by atoms with E-state index in [0.717, 1.165) is 23.2 Å². The van der Waals surface area contributed by atoms with Gasteiger partial charge in [0.1, 0.15) is 0 Å². The molecule has 0 spiro atoms. The molecule has 0 aromatic carbocycles. The standard InChI is InChI=1S/C11H13BrN2O2/c12-9-7-13-4-1-10(9)14-5-2-8(3-6-14)11(15)16/h1,4,7-8H,2-3,5-6H2,(H,15,16). The summed E-state index contributed by atoms with van der Waals surface area (Å²) in [6.45, 7) is 1.58. The fraction of sp³-hybridized carbons (Fsp3) is 0.455. The van der Waals surface area contributed by atoms with Crippen LogP contribution in [0.3, 0.4) is 0 Å². The first-order valence-electron chi connectivity index (χ1n) is 5.26. The van der Waals surface area contributed by atoms with Crippen LogP contribution in [0, 0.1) is 5.92 Å². The van der Waals surface area contributed by atoms with E-state index < -0.39 is 5.97 Å². The number of piperidine rings is 1. The minimum Gasteiger partial charge on any atom is -0.481 e. The van der Waals surface area contributed by atoms with Gasteiger partial charge in [-0.2, -0.15) is 0 Å². The Kier molecular flexibility index (Phi) is 3.43. The van der Waals surface area contributed by atoms with E-state index in [1.54, 1.807) is 12.4 Å². The number of aliphatic carboxylic acids is 1. The highest BCUT2D eigenvalue weighted by Gasteiger charge is 2.25. The summed E-state index contributed by atoms with van der Waals surface area (Å²) in [6.07, 6.45) is 4.94. The Labute approximate surface area is 102 Å². The zero-order chi connectivity index (χ0) is 11.5. The third kappa shape index (κ3) is 2.35.